The van der Waals surface area contributed by atoms with Gasteiger partial charge in [-0.25, -0.2) is 4.79 Å². The molecule has 4 heterocycles. The number of carbonyl (C=O) groups is 1. The molecule has 7 rings (SSSR count). The van der Waals surface area contributed by atoms with Crippen molar-refractivity contribution in [3.63, 3.8) is 0 Å². The number of pyridine rings is 1. The van der Waals surface area contributed by atoms with Crippen molar-refractivity contribution in [3.8, 4) is 11.1 Å². The van der Waals surface area contributed by atoms with E-state index in [2.05, 4.69) is 63.2 Å². The van der Waals surface area contributed by atoms with E-state index in [-0.39, 0.29) is 29.7 Å². The summed E-state index contributed by atoms with van der Waals surface area (Å²) in [5.74, 6) is 0.688. The molecule has 0 unspecified atom stereocenters. The molecule has 2 N–H and O–H groups in total. The molecule has 2 aliphatic heterocycles. The number of nitrogens with one attached hydrogen (secondary N) is 2. The van der Waals surface area contributed by atoms with Crippen LogP contribution in [0, 0.1) is 19.8 Å². The molecule has 2 aromatic carbocycles. The van der Waals surface area contributed by atoms with Crippen LogP contribution in [-0.4, -0.2) is 82.2 Å². The van der Waals surface area contributed by atoms with Gasteiger partial charge in [0.1, 0.15) is 0 Å². The lowest BCUT2D eigenvalue weighted by Crippen LogP contribution is -2.45. The number of amides is 1. The van der Waals surface area contributed by atoms with Gasteiger partial charge in [0, 0.05) is 74.9 Å². The standard InChI is InChI=1S/C40H53N7O3/c1-6-46(31-14-19-45(20-15-31)25-28-7-8-28)36-23-30(21-33(27(36)3)38(48)42-24-34-26(2)11-16-41-39(34)49)29-9-10-35-37(22-29)44(5)40(50)47(35)32-12-17-43(4)18-13-32/h9-11,16,21-23,28,31-32H,6-8,12-15,17-20,24-25H2,1-5H3,(H,41,49)(H,42,48). The number of hydrogen-bond donors (Lipinski definition) is 2. The third-order valence-corrected chi connectivity index (χ3v) is 11.7. The van der Waals surface area contributed by atoms with E-state index >= 15 is 0 Å². The minimum atomic E-state index is -0.203. The Morgan fingerprint density at radius 3 is 2.32 bits per heavy atom. The van der Waals surface area contributed by atoms with Crippen LogP contribution in [0.15, 0.2) is 52.2 Å². The van der Waals surface area contributed by atoms with Gasteiger partial charge in [-0.15, -0.1) is 0 Å². The second kappa shape index (κ2) is 14.2. The molecule has 2 aromatic heterocycles. The summed E-state index contributed by atoms with van der Waals surface area (Å²) in [6.07, 6.45) is 8.49. The van der Waals surface area contributed by atoms with Crippen molar-refractivity contribution in [3.05, 3.63) is 85.7 Å². The zero-order valence-corrected chi connectivity index (χ0v) is 30.4. The van der Waals surface area contributed by atoms with Gasteiger partial charge in [0.05, 0.1) is 11.0 Å². The van der Waals surface area contributed by atoms with Crippen molar-refractivity contribution < 1.29 is 4.79 Å². The first kappa shape index (κ1) is 34.3. The Morgan fingerprint density at radius 1 is 0.900 bits per heavy atom. The van der Waals surface area contributed by atoms with Crippen molar-refractivity contribution in [2.75, 3.05) is 51.2 Å². The zero-order valence-electron chi connectivity index (χ0n) is 30.4. The molecule has 2 saturated heterocycles. The third kappa shape index (κ3) is 6.80. The van der Waals surface area contributed by atoms with E-state index in [1.54, 1.807) is 10.8 Å². The van der Waals surface area contributed by atoms with Gasteiger partial charge in [-0.3, -0.25) is 18.7 Å². The van der Waals surface area contributed by atoms with Crippen LogP contribution in [0.1, 0.15) is 78.5 Å². The highest BCUT2D eigenvalue weighted by Gasteiger charge is 2.30. The van der Waals surface area contributed by atoms with Crippen LogP contribution in [0.4, 0.5) is 5.69 Å². The molecule has 10 heteroatoms. The Kier molecular flexibility index (Phi) is 9.76. The summed E-state index contributed by atoms with van der Waals surface area (Å²) in [7, 11) is 4.00. The number of hydrogen-bond acceptors (Lipinski definition) is 6. The third-order valence-electron chi connectivity index (χ3n) is 11.7. The van der Waals surface area contributed by atoms with Crippen molar-refractivity contribution >= 4 is 22.6 Å². The van der Waals surface area contributed by atoms with Gasteiger partial charge in [0.2, 0.25) is 0 Å². The number of carbonyl (C=O) groups excluding carboxylic acids is 1. The summed E-state index contributed by atoms with van der Waals surface area (Å²) in [5.41, 5.74) is 7.61. The molecular formula is C40H53N7O3. The van der Waals surface area contributed by atoms with Crippen LogP contribution in [-0.2, 0) is 13.6 Å². The second-order valence-corrected chi connectivity index (χ2v) is 15.0. The number of benzene rings is 2. The Labute approximate surface area is 295 Å². The van der Waals surface area contributed by atoms with Crippen LogP contribution in [0.5, 0.6) is 0 Å². The minimum absolute atomic E-state index is 0.0211. The van der Waals surface area contributed by atoms with Crippen LogP contribution in [0.2, 0.25) is 0 Å². The van der Waals surface area contributed by atoms with E-state index in [0.717, 1.165) is 103 Å². The normalized spacial score (nSPS) is 18.2. The highest BCUT2D eigenvalue weighted by Crippen LogP contribution is 2.36. The van der Waals surface area contributed by atoms with Gasteiger partial charge in [-0.2, -0.15) is 0 Å². The van der Waals surface area contributed by atoms with Gasteiger partial charge in [0.15, 0.2) is 0 Å². The Balaban J connectivity index is 1.26. The summed E-state index contributed by atoms with van der Waals surface area (Å²) in [6, 6.07) is 12.9. The van der Waals surface area contributed by atoms with Crippen molar-refractivity contribution in [2.45, 2.75) is 77.9 Å². The number of fused-ring (bicyclic) bond motifs is 1. The lowest BCUT2D eigenvalue weighted by atomic mass is 9.94. The average molecular weight is 680 g/mol. The van der Waals surface area contributed by atoms with E-state index < -0.39 is 0 Å². The molecule has 10 nitrogen and oxygen atoms in total. The first-order chi connectivity index (χ1) is 24.1. The van der Waals surface area contributed by atoms with Gasteiger partial charge in [-0.05, 0) is 138 Å². The SMILES string of the molecule is CCN(c1cc(-c2ccc3c(c2)n(C)c(=O)n3C2CCN(C)CC2)cc(C(=O)NCc2c(C)cc[nH]c2=O)c1C)C1CCN(CC2CC2)CC1. The van der Waals surface area contributed by atoms with Gasteiger partial charge in [-0.1, -0.05) is 6.07 Å². The first-order valence-electron chi connectivity index (χ1n) is 18.6. The highest BCUT2D eigenvalue weighted by molar-refractivity contribution is 5.99. The smallest absolute Gasteiger partial charge is 0.329 e. The molecule has 3 fully saturated rings. The maximum atomic E-state index is 14.0. The number of rotatable bonds is 10. The second-order valence-electron chi connectivity index (χ2n) is 15.0. The molecule has 266 valence electrons. The first-order valence-corrected chi connectivity index (χ1v) is 18.6. The topological polar surface area (TPSA) is 98.6 Å². The number of imidazole rings is 1. The maximum absolute atomic E-state index is 14.0. The van der Waals surface area contributed by atoms with E-state index in [0.29, 0.717) is 17.2 Å². The molecule has 1 amide bonds. The number of aromatic amines is 1. The number of nitrogens with zero attached hydrogens (tertiary/aromatic N) is 5. The van der Waals surface area contributed by atoms with E-state index in [9.17, 15) is 14.4 Å². The molecule has 0 spiro atoms. The van der Waals surface area contributed by atoms with Gasteiger partial charge in [0.25, 0.3) is 11.5 Å². The lowest BCUT2D eigenvalue weighted by Gasteiger charge is -2.40. The van der Waals surface area contributed by atoms with Gasteiger partial charge >= 0.3 is 5.69 Å². The lowest BCUT2D eigenvalue weighted by molar-refractivity contribution is 0.0950. The van der Waals surface area contributed by atoms with Gasteiger partial charge < -0.3 is 25.0 Å². The fourth-order valence-electron chi connectivity index (χ4n) is 8.35. The van der Waals surface area contributed by atoms with Crippen molar-refractivity contribution in [2.24, 2.45) is 13.0 Å². The molecular weight excluding hydrogens is 626 g/mol. The number of anilines is 1. The Bertz CT molecular complexity index is 1990. The van der Waals surface area contributed by atoms with E-state index in [1.807, 2.05) is 37.6 Å². The molecule has 50 heavy (non-hydrogen) atoms. The Hall–Kier alpha value is -4.15. The molecule has 0 radical (unpaired) electrons. The Morgan fingerprint density at radius 2 is 1.64 bits per heavy atom. The molecule has 0 bridgehead atoms. The van der Waals surface area contributed by atoms with Crippen LogP contribution in [0.25, 0.3) is 22.2 Å². The average Bonchev–Trinajstić information content (AvgIpc) is 3.90. The fourth-order valence-corrected chi connectivity index (χ4v) is 8.35. The minimum Gasteiger partial charge on any atom is -0.368 e. The van der Waals surface area contributed by atoms with Crippen LogP contribution < -0.4 is 21.5 Å². The predicted molar refractivity (Wildman–Crippen MR) is 201 cm³/mol. The number of H-pyrrole nitrogens is 1. The van der Waals surface area contributed by atoms with Crippen LogP contribution >= 0.6 is 0 Å². The molecule has 4 aromatic rings. The van der Waals surface area contributed by atoms with E-state index in [1.165, 1.54) is 19.4 Å². The monoisotopic (exact) mass is 679 g/mol. The largest absolute Gasteiger partial charge is 0.368 e. The quantitative estimate of drug-likeness (QED) is 0.239. The summed E-state index contributed by atoms with van der Waals surface area (Å²) in [4.78, 5) is 50.4. The van der Waals surface area contributed by atoms with E-state index in [4.69, 9.17) is 0 Å². The summed E-state index contributed by atoms with van der Waals surface area (Å²) in [5, 5.41) is 3.06. The number of likely N-dealkylation sites (tertiary alicyclic amines) is 2. The number of aromatic nitrogens is 3. The maximum Gasteiger partial charge on any atom is 0.329 e. The molecule has 1 aliphatic carbocycles. The molecule has 0 atom stereocenters. The summed E-state index contributed by atoms with van der Waals surface area (Å²) in [6.45, 7) is 12.5. The number of piperidine rings is 2. The predicted octanol–water partition coefficient (Wildman–Crippen LogP) is 5.21. The fraction of sp³-hybridized carbons (Fsp3) is 0.525. The highest BCUT2D eigenvalue weighted by atomic mass is 16.2. The van der Waals surface area contributed by atoms with Crippen molar-refractivity contribution in [1.29, 1.82) is 0 Å². The molecule has 1 saturated carbocycles. The molecule has 3 aliphatic rings. The summed E-state index contributed by atoms with van der Waals surface area (Å²) < 4.78 is 3.76. The van der Waals surface area contributed by atoms with Crippen LogP contribution in [0.3, 0.4) is 0 Å². The van der Waals surface area contributed by atoms with Crippen molar-refractivity contribution in [1.82, 2.24) is 29.2 Å². The number of aryl methyl sites for hydroxylation is 2. The zero-order chi connectivity index (χ0) is 35.1. The summed E-state index contributed by atoms with van der Waals surface area (Å²) >= 11 is 0.